The molecule has 0 saturated heterocycles. The van der Waals surface area contributed by atoms with Crippen molar-refractivity contribution in [1.82, 2.24) is 4.90 Å². The lowest BCUT2D eigenvalue weighted by molar-refractivity contribution is 0.199. The first-order valence-electron chi connectivity index (χ1n) is 5.83. The molecule has 0 heterocycles. The van der Waals surface area contributed by atoms with Crippen LogP contribution in [-0.2, 0) is 0 Å². The van der Waals surface area contributed by atoms with Crippen LogP contribution in [0.1, 0.15) is 5.56 Å². The van der Waals surface area contributed by atoms with E-state index in [1.54, 1.807) is 0 Å². The van der Waals surface area contributed by atoms with E-state index < -0.39 is 7.32 Å². The van der Waals surface area contributed by atoms with Gasteiger partial charge in [-0.25, -0.2) is 0 Å². The average molecular weight is 269 g/mol. The summed E-state index contributed by atoms with van der Waals surface area (Å²) in [5, 5.41) is 39.1. The lowest BCUT2D eigenvalue weighted by Gasteiger charge is -2.17. The molecule has 0 aliphatic heterocycles. The van der Waals surface area contributed by atoms with Gasteiger partial charge in [0, 0.05) is 13.1 Å². The molecule has 0 fully saturated rings. The zero-order chi connectivity index (χ0) is 14.5. The molecule has 0 radical (unpaired) electrons. The van der Waals surface area contributed by atoms with Crippen molar-refractivity contribution in [3.8, 4) is 0 Å². The Hall–Kier alpha value is -1.38. The maximum absolute atomic E-state index is 8.80. The minimum absolute atomic E-state index is 0.0964. The summed E-state index contributed by atoms with van der Waals surface area (Å²) >= 11 is 0. The van der Waals surface area contributed by atoms with Crippen LogP contribution in [0.25, 0.3) is 6.08 Å². The van der Waals surface area contributed by atoms with Crippen LogP contribution in [0.2, 0.25) is 0 Å². The molecule has 0 atom stereocenters. The number of hydrogen-bond acceptors (Lipinski definition) is 6. The highest BCUT2D eigenvalue weighted by Crippen LogP contribution is 2.02. The van der Waals surface area contributed by atoms with Crippen molar-refractivity contribution in [1.29, 1.82) is 0 Å². The summed E-state index contributed by atoms with van der Waals surface area (Å²) in [6.45, 7) is 1.28. The van der Waals surface area contributed by atoms with Gasteiger partial charge in [-0.15, -0.1) is 0 Å². The van der Waals surface area contributed by atoms with Crippen LogP contribution >= 0.6 is 0 Å². The van der Waals surface area contributed by atoms with Crippen molar-refractivity contribution in [2.75, 3.05) is 26.3 Å². The molecule has 1 aromatic carbocycles. The van der Waals surface area contributed by atoms with E-state index in [9.17, 15) is 0 Å². The Labute approximate surface area is 113 Å². The van der Waals surface area contributed by atoms with Crippen molar-refractivity contribution >= 4 is 13.4 Å². The first-order chi connectivity index (χ1) is 9.10. The lowest BCUT2D eigenvalue weighted by atomic mass is 10.2. The van der Waals surface area contributed by atoms with Gasteiger partial charge >= 0.3 is 7.32 Å². The normalized spacial score (nSPS) is 9.95. The monoisotopic (exact) mass is 269 g/mol. The summed E-state index contributed by atoms with van der Waals surface area (Å²) in [5.41, 5.74) is 1.11. The van der Waals surface area contributed by atoms with E-state index in [0.717, 1.165) is 5.56 Å². The molecule has 1 aromatic rings. The zero-order valence-corrected chi connectivity index (χ0v) is 10.6. The fourth-order valence-electron chi connectivity index (χ4n) is 1.27. The molecule has 0 aliphatic rings. The molecule has 6 nitrogen and oxygen atoms in total. The third kappa shape index (κ3) is 11.4. The number of aliphatic hydroxyl groups excluding tert-OH is 2. The lowest BCUT2D eigenvalue weighted by Crippen LogP contribution is -2.24. The number of rotatable bonds is 6. The fourth-order valence-corrected chi connectivity index (χ4v) is 1.27. The maximum Gasteiger partial charge on any atom is 0.631 e. The molecular formula is C12H20BNO5. The van der Waals surface area contributed by atoms with E-state index in [0.29, 0.717) is 13.1 Å². The van der Waals surface area contributed by atoms with Gasteiger partial charge < -0.3 is 30.2 Å². The van der Waals surface area contributed by atoms with E-state index in [1.165, 1.54) is 0 Å². The van der Waals surface area contributed by atoms with E-state index in [4.69, 9.17) is 25.3 Å². The molecule has 0 aromatic heterocycles. The van der Waals surface area contributed by atoms with Gasteiger partial charge in [0.05, 0.1) is 13.2 Å². The Morgan fingerprint density at radius 1 is 0.947 bits per heavy atom. The van der Waals surface area contributed by atoms with Gasteiger partial charge in [0.2, 0.25) is 0 Å². The van der Waals surface area contributed by atoms with Crippen LogP contribution in [0, 0.1) is 0 Å². The Morgan fingerprint density at radius 2 is 1.42 bits per heavy atom. The molecule has 106 valence electrons. The summed E-state index contributed by atoms with van der Waals surface area (Å²) in [4.78, 5) is 1.88. The molecule has 5 N–H and O–H groups in total. The molecular weight excluding hydrogens is 249 g/mol. The molecule has 0 unspecified atom stereocenters. The van der Waals surface area contributed by atoms with E-state index in [-0.39, 0.29) is 13.2 Å². The molecule has 19 heavy (non-hydrogen) atoms. The maximum atomic E-state index is 8.80. The van der Waals surface area contributed by atoms with Gasteiger partial charge in [0.15, 0.2) is 0 Å². The Kier molecular flexibility index (Phi) is 10.9. The first kappa shape index (κ1) is 17.6. The third-order valence-corrected chi connectivity index (χ3v) is 2.05. The predicted octanol–water partition coefficient (Wildman–Crippen LogP) is -1.11. The van der Waals surface area contributed by atoms with Crippen molar-refractivity contribution in [2.24, 2.45) is 0 Å². The molecule has 0 aliphatic carbocycles. The largest absolute Gasteiger partial charge is 0.631 e. The Bertz CT molecular complexity index is 325. The molecule has 1 rings (SSSR count). The van der Waals surface area contributed by atoms with Gasteiger partial charge in [0.1, 0.15) is 0 Å². The molecule has 0 saturated carbocycles. The fraction of sp³-hybridized carbons (Fsp3) is 0.333. The van der Waals surface area contributed by atoms with E-state index >= 15 is 0 Å². The standard InChI is InChI=1S/C12H17NO2.BH3O3/c14-10-8-13(9-11-15)7-6-12-4-2-1-3-5-12;2-1(3)4/h1-7,14-15H,8-11H2;2-4H. The van der Waals surface area contributed by atoms with Gasteiger partial charge in [-0.3, -0.25) is 0 Å². The number of hydrogen-bond donors (Lipinski definition) is 5. The van der Waals surface area contributed by atoms with Crippen molar-refractivity contribution in [2.45, 2.75) is 0 Å². The quantitative estimate of drug-likeness (QED) is 0.420. The SMILES string of the molecule is OB(O)O.OCCN(C=Cc1ccccc1)CCO. The highest BCUT2D eigenvalue weighted by Gasteiger charge is 1.95. The number of benzene rings is 1. The summed E-state index contributed by atoms with van der Waals surface area (Å²) in [6.07, 6.45) is 3.85. The van der Waals surface area contributed by atoms with Gasteiger partial charge in [0.25, 0.3) is 0 Å². The average Bonchev–Trinajstić information content (AvgIpc) is 2.37. The van der Waals surface area contributed by atoms with Crippen LogP contribution in [0.3, 0.4) is 0 Å². The van der Waals surface area contributed by atoms with Gasteiger partial charge in [-0.1, -0.05) is 30.3 Å². The molecule has 0 amide bonds. The molecule has 0 spiro atoms. The van der Waals surface area contributed by atoms with Gasteiger partial charge in [-0.05, 0) is 17.8 Å². The summed E-state index contributed by atoms with van der Waals surface area (Å²) in [6, 6.07) is 9.93. The molecule has 7 heteroatoms. The van der Waals surface area contributed by atoms with Crippen LogP contribution in [0.5, 0.6) is 0 Å². The van der Waals surface area contributed by atoms with Crippen molar-refractivity contribution in [3.05, 3.63) is 42.1 Å². The van der Waals surface area contributed by atoms with E-state index in [1.807, 2.05) is 47.5 Å². The summed E-state index contributed by atoms with van der Waals surface area (Å²) in [5.74, 6) is 0. The number of nitrogens with zero attached hydrogens (tertiary/aromatic N) is 1. The zero-order valence-electron chi connectivity index (χ0n) is 10.6. The molecule has 0 bridgehead atoms. The minimum Gasteiger partial charge on any atom is -0.402 e. The second-order valence-electron chi connectivity index (χ2n) is 3.56. The first-order valence-corrected chi connectivity index (χ1v) is 5.83. The van der Waals surface area contributed by atoms with Crippen LogP contribution < -0.4 is 0 Å². The summed E-state index contributed by atoms with van der Waals surface area (Å²) < 4.78 is 0. The van der Waals surface area contributed by atoms with Crippen molar-refractivity contribution in [3.63, 3.8) is 0 Å². The Morgan fingerprint density at radius 3 is 1.84 bits per heavy atom. The predicted molar refractivity (Wildman–Crippen MR) is 73.6 cm³/mol. The topological polar surface area (TPSA) is 104 Å². The second-order valence-corrected chi connectivity index (χ2v) is 3.56. The van der Waals surface area contributed by atoms with Crippen molar-refractivity contribution < 1.29 is 25.3 Å². The van der Waals surface area contributed by atoms with Crippen LogP contribution in [0.4, 0.5) is 0 Å². The third-order valence-electron chi connectivity index (χ3n) is 2.05. The highest BCUT2D eigenvalue weighted by molar-refractivity contribution is 6.30. The van der Waals surface area contributed by atoms with E-state index in [2.05, 4.69) is 0 Å². The number of aliphatic hydroxyl groups is 2. The van der Waals surface area contributed by atoms with Gasteiger partial charge in [-0.2, -0.15) is 0 Å². The smallest absolute Gasteiger partial charge is 0.402 e. The summed E-state index contributed by atoms with van der Waals surface area (Å²) in [7, 11) is -2.17. The van der Waals surface area contributed by atoms with Crippen LogP contribution in [-0.4, -0.2) is 63.8 Å². The van der Waals surface area contributed by atoms with Crippen LogP contribution in [0.15, 0.2) is 36.5 Å². The highest BCUT2D eigenvalue weighted by atomic mass is 16.5. The second kappa shape index (κ2) is 11.7. The minimum atomic E-state index is -2.17. The Balaban J connectivity index is 0.000000711.